The van der Waals surface area contributed by atoms with E-state index < -0.39 is 7.67 Å². The molecule has 0 saturated carbocycles. The second kappa shape index (κ2) is 6.09. The maximum atomic E-state index is 12.2. The van der Waals surface area contributed by atoms with Crippen LogP contribution in [0.15, 0.2) is 0 Å². The first-order valence-electron chi connectivity index (χ1n) is 4.45. The van der Waals surface area contributed by atoms with Crippen LogP contribution in [0.3, 0.4) is 0 Å². The van der Waals surface area contributed by atoms with Gasteiger partial charge in [-0.2, -0.15) is 9.43 Å². The second-order valence-electron chi connectivity index (χ2n) is 2.77. The van der Waals surface area contributed by atoms with Crippen molar-refractivity contribution < 1.29 is 13.4 Å². The van der Waals surface area contributed by atoms with Crippen LogP contribution in [0.1, 0.15) is 6.42 Å². The quantitative estimate of drug-likeness (QED) is 0.603. The molecule has 0 aromatic carbocycles. The molecule has 1 atom stereocenters. The summed E-state index contributed by atoms with van der Waals surface area (Å²) in [6.07, 6.45) is 2.64. The van der Waals surface area contributed by atoms with Gasteiger partial charge in [0.15, 0.2) is 6.54 Å². The maximum absolute atomic E-state index is 12.2. The van der Waals surface area contributed by atoms with Crippen molar-refractivity contribution in [2.24, 2.45) is 0 Å². The molecular formula is C7H14Cl2N2O2P+. The third kappa shape index (κ3) is 3.21. The van der Waals surface area contributed by atoms with Crippen LogP contribution in [0.2, 0.25) is 0 Å². The maximum Gasteiger partial charge on any atom is 0.534 e. The standard InChI is InChI=1S/C7H14Cl2N2O2P/c8-2-4-10-14(12)11(6-3-9)5-1-7-13-14/h5H,1-4,6-7H2,(H,10,12)/q+1. The van der Waals surface area contributed by atoms with Gasteiger partial charge in [-0.05, 0) is 0 Å². The first-order chi connectivity index (χ1) is 6.73. The van der Waals surface area contributed by atoms with Gasteiger partial charge in [-0.1, -0.05) is 0 Å². The Balaban J connectivity index is 2.67. The average molecular weight is 260 g/mol. The van der Waals surface area contributed by atoms with E-state index >= 15 is 0 Å². The number of hydrogen-bond donors (Lipinski definition) is 1. The molecule has 0 fully saturated rings. The van der Waals surface area contributed by atoms with Gasteiger partial charge < -0.3 is 0 Å². The monoisotopic (exact) mass is 259 g/mol. The van der Waals surface area contributed by atoms with Crippen LogP contribution >= 0.6 is 30.9 Å². The zero-order valence-corrected chi connectivity index (χ0v) is 10.2. The van der Waals surface area contributed by atoms with Gasteiger partial charge in [0, 0.05) is 18.8 Å². The molecule has 1 rings (SSSR count). The number of halogens is 2. The SMILES string of the molecule is O=P1(NCCCl)OCCC=[N+]1CCCl. The Morgan fingerprint density at radius 2 is 2.29 bits per heavy atom. The summed E-state index contributed by atoms with van der Waals surface area (Å²) in [5.74, 6) is 0.828. The van der Waals surface area contributed by atoms with Crippen LogP contribution in [-0.4, -0.2) is 42.0 Å². The van der Waals surface area contributed by atoms with Crippen LogP contribution < -0.4 is 5.09 Å². The van der Waals surface area contributed by atoms with E-state index in [2.05, 4.69) is 5.09 Å². The zero-order valence-electron chi connectivity index (χ0n) is 7.79. The lowest BCUT2D eigenvalue weighted by Crippen LogP contribution is -2.29. The van der Waals surface area contributed by atoms with Gasteiger partial charge >= 0.3 is 7.67 Å². The highest BCUT2D eigenvalue weighted by Crippen LogP contribution is 2.44. The molecule has 0 amide bonds. The summed E-state index contributed by atoms with van der Waals surface area (Å²) >= 11 is 11.1. The molecule has 0 spiro atoms. The van der Waals surface area contributed by atoms with E-state index in [-0.39, 0.29) is 0 Å². The van der Waals surface area contributed by atoms with Gasteiger partial charge in [0.2, 0.25) is 0 Å². The Kier molecular flexibility index (Phi) is 5.42. The molecule has 1 unspecified atom stereocenters. The fourth-order valence-corrected chi connectivity index (χ4v) is 3.58. The molecular weight excluding hydrogens is 246 g/mol. The highest BCUT2D eigenvalue weighted by molar-refractivity contribution is 7.50. The van der Waals surface area contributed by atoms with E-state index in [9.17, 15) is 4.57 Å². The van der Waals surface area contributed by atoms with E-state index in [1.54, 1.807) is 4.35 Å². The zero-order chi connectivity index (χ0) is 10.4. The van der Waals surface area contributed by atoms with E-state index in [0.29, 0.717) is 31.5 Å². The molecule has 1 N–H and O–H groups in total. The van der Waals surface area contributed by atoms with Crippen LogP contribution in [0.4, 0.5) is 0 Å². The predicted octanol–water partition coefficient (Wildman–Crippen LogP) is 1.67. The molecule has 1 aliphatic rings. The minimum atomic E-state index is -2.90. The summed E-state index contributed by atoms with van der Waals surface area (Å²) in [7, 11) is -2.90. The Bertz CT molecular complexity index is 260. The molecule has 0 aromatic rings. The van der Waals surface area contributed by atoms with Gasteiger partial charge in [-0.15, -0.1) is 23.2 Å². The van der Waals surface area contributed by atoms with E-state index in [1.807, 2.05) is 6.21 Å². The highest BCUT2D eigenvalue weighted by Gasteiger charge is 2.38. The van der Waals surface area contributed by atoms with Gasteiger partial charge in [-0.3, -0.25) is 4.52 Å². The topological polar surface area (TPSA) is 41.3 Å². The lowest BCUT2D eigenvalue weighted by molar-refractivity contribution is -0.384. The fraction of sp³-hybridized carbons (Fsp3) is 0.857. The van der Waals surface area contributed by atoms with Crippen molar-refractivity contribution in [2.45, 2.75) is 6.42 Å². The molecule has 1 aliphatic heterocycles. The van der Waals surface area contributed by atoms with Crippen molar-refractivity contribution >= 4 is 37.1 Å². The van der Waals surface area contributed by atoms with Gasteiger partial charge in [0.25, 0.3) is 0 Å². The van der Waals surface area contributed by atoms with Crippen LogP contribution in [0, 0.1) is 0 Å². The predicted molar refractivity (Wildman–Crippen MR) is 58.8 cm³/mol. The number of nitrogens with zero attached hydrogens (tertiary/aromatic N) is 1. The molecule has 7 heteroatoms. The van der Waals surface area contributed by atoms with Crippen molar-refractivity contribution in [3.63, 3.8) is 0 Å². The number of nitrogens with one attached hydrogen (secondary N) is 1. The summed E-state index contributed by atoms with van der Waals surface area (Å²) in [5.41, 5.74) is 0. The first kappa shape index (κ1) is 12.5. The Morgan fingerprint density at radius 1 is 1.50 bits per heavy atom. The van der Waals surface area contributed by atoms with Crippen molar-refractivity contribution in [3.05, 3.63) is 0 Å². The average Bonchev–Trinajstić information content (AvgIpc) is 2.19. The largest absolute Gasteiger partial charge is 0.534 e. The van der Waals surface area contributed by atoms with Crippen LogP contribution in [0.5, 0.6) is 0 Å². The van der Waals surface area contributed by atoms with Crippen molar-refractivity contribution in [1.29, 1.82) is 0 Å². The molecule has 4 nitrogen and oxygen atoms in total. The lowest BCUT2D eigenvalue weighted by Gasteiger charge is -2.18. The molecule has 1 heterocycles. The van der Waals surface area contributed by atoms with Crippen molar-refractivity contribution in [2.75, 3.05) is 31.5 Å². The van der Waals surface area contributed by atoms with Crippen molar-refractivity contribution in [1.82, 2.24) is 5.09 Å². The Labute approximate surface area is 93.8 Å². The fourth-order valence-electron chi connectivity index (χ4n) is 1.19. The normalized spacial score (nSPS) is 27.4. The minimum absolute atomic E-state index is 0.405. The first-order valence-corrected chi connectivity index (χ1v) is 7.09. The van der Waals surface area contributed by atoms with Crippen LogP contribution in [-0.2, 0) is 9.09 Å². The van der Waals surface area contributed by atoms with Crippen molar-refractivity contribution in [3.8, 4) is 0 Å². The van der Waals surface area contributed by atoms with Crippen LogP contribution in [0.25, 0.3) is 0 Å². The highest BCUT2D eigenvalue weighted by atomic mass is 35.5. The molecule has 82 valence electrons. The minimum Gasteiger partial charge on any atom is -0.265 e. The third-order valence-corrected chi connectivity index (χ3v) is 4.34. The number of rotatable bonds is 5. The van der Waals surface area contributed by atoms with E-state index in [4.69, 9.17) is 27.7 Å². The van der Waals surface area contributed by atoms with Gasteiger partial charge in [0.1, 0.15) is 6.21 Å². The smallest absolute Gasteiger partial charge is 0.265 e. The lowest BCUT2D eigenvalue weighted by atomic mass is 10.5. The number of hydrogen-bond acceptors (Lipinski definition) is 2. The summed E-state index contributed by atoms with van der Waals surface area (Å²) in [6.45, 7) is 1.46. The van der Waals surface area contributed by atoms with E-state index in [0.717, 1.165) is 6.42 Å². The summed E-state index contributed by atoms with van der Waals surface area (Å²) in [5, 5.41) is 2.82. The van der Waals surface area contributed by atoms with Gasteiger partial charge in [0.05, 0.1) is 12.5 Å². The molecule has 0 aliphatic carbocycles. The van der Waals surface area contributed by atoms with E-state index in [1.165, 1.54) is 0 Å². The molecule has 0 bridgehead atoms. The Morgan fingerprint density at radius 3 is 2.93 bits per heavy atom. The summed E-state index contributed by atoms with van der Waals surface area (Å²) in [6, 6.07) is 0. The molecule has 0 aromatic heterocycles. The summed E-state index contributed by atoms with van der Waals surface area (Å²) < 4.78 is 19.1. The molecule has 0 radical (unpaired) electrons. The third-order valence-electron chi connectivity index (χ3n) is 1.78. The molecule has 14 heavy (non-hydrogen) atoms. The second-order valence-corrected chi connectivity index (χ2v) is 5.66. The summed E-state index contributed by atoms with van der Waals surface area (Å²) in [4.78, 5) is 0. The number of alkyl halides is 2. The molecule has 0 saturated heterocycles. The van der Waals surface area contributed by atoms with Gasteiger partial charge in [-0.25, -0.2) is 4.57 Å². The Hall–Kier alpha value is 0.400.